The average Bonchev–Trinajstić information content (AvgIpc) is 2.74. The minimum absolute atomic E-state index is 0.0647. The van der Waals surface area contributed by atoms with Crippen LogP contribution in [0.4, 0.5) is 0 Å². The first-order valence-corrected chi connectivity index (χ1v) is 8.43. The first-order chi connectivity index (χ1) is 9.05. The van der Waals surface area contributed by atoms with Gasteiger partial charge in [0.2, 0.25) is 0 Å². The Bertz CT molecular complexity index is 463. The predicted octanol–water partition coefficient (Wildman–Crippen LogP) is 4.23. The number of fused-ring (bicyclic) bond motifs is 6. The minimum atomic E-state index is -0.409. The Kier molecular flexibility index (Phi) is 2.24. The molecule has 1 heterocycles. The number of ether oxygens (including phenoxy) is 2. The van der Waals surface area contributed by atoms with E-state index in [0.29, 0.717) is 28.8 Å². The fraction of sp³-hybridized carbons (Fsp3) is 1.00. The molecular weight excluding hydrogens is 248 g/mol. The number of rotatable bonds is 0. The van der Waals surface area contributed by atoms with Crippen LogP contribution in [0.25, 0.3) is 0 Å². The van der Waals surface area contributed by atoms with Gasteiger partial charge < -0.3 is 9.47 Å². The normalized spacial score (nSPS) is 61.6. The summed E-state index contributed by atoms with van der Waals surface area (Å²) in [6.45, 7) is 16.5. The van der Waals surface area contributed by atoms with Gasteiger partial charge in [0.25, 0.3) is 0 Å². The van der Waals surface area contributed by atoms with Crippen molar-refractivity contribution in [2.24, 2.45) is 34.5 Å². The second-order valence-corrected chi connectivity index (χ2v) is 9.45. The molecule has 4 rings (SSSR count). The lowest BCUT2D eigenvalue weighted by Gasteiger charge is -2.58. The molecule has 0 aromatic heterocycles. The summed E-state index contributed by atoms with van der Waals surface area (Å²) in [5.41, 5.74) is 0.756. The van der Waals surface area contributed by atoms with Crippen LogP contribution in [-0.2, 0) is 9.47 Å². The third kappa shape index (κ3) is 1.18. The molecule has 0 amide bonds. The summed E-state index contributed by atoms with van der Waals surface area (Å²) in [6.07, 6.45) is 3.09. The number of hydrogen-bond acceptors (Lipinski definition) is 2. The fourth-order valence-corrected chi connectivity index (χ4v) is 7.34. The quantitative estimate of drug-likeness (QED) is 0.660. The summed E-state index contributed by atoms with van der Waals surface area (Å²) in [7, 11) is 0. The zero-order chi connectivity index (χ0) is 14.7. The van der Waals surface area contributed by atoms with Crippen molar-refractivity contribution in [2.75, 3.05) is 0 Å². The zero-order valence-corrected chi connectivity index (χ0v) is 14.1. The summed E-state index contributed by atoms with van der Waals surface area (Å²) in [5.74, 6) is 2.58. The Morgan fingerprint density at radius 3 is 2.25 bits per heavy atom. The standard InChI is InChI=1S/C18H30O2/c1-10-8-9-11-15(2,3)13-12(17(10,11)6)14-18(13,7)20-16(4,5)19-14/h10-14H,8-9H2,1-7H3/t10-,11+,12?,13-,14+,17-,18-/m1/s1. The van der Waals surface area contributed by atoms with Crippen molar-refractivity contribution >= 4 is 0 Å². The summed E-state index contributed by atoms with van der Waals surface area (Å²) in [4.78, 5) is 0. The molecule has 4 fully saturated rings. The minimum Gasteiger partial charge on any atom is -0.344 e. The first kappa shape index (κ1) is 13.6. The Morgan fingerprint density at radius 2 is 1.60 bits per heavy atom. The maximum atomic E-state index is 6.41. The molecule has 1 unspecified atom stereocenters. The van der Waals surface area contributed by atoms with Gasteiger partial charge in [0.15, 0.2) is 5.79 Å². The van der Waals surface area contributed by atoms with E-state index in [-0.39, 0.29) is 5.60 Å². The van der Waals surface area contributed by atoms with Gasteiger partial charge in [0.1, 0.15) is 0 Å². The van der Waals surface area contributed by atoms with Gasteiger partial charge in [-0.25, -0.2) is 0 Å². The molecule has 20 heavy (non-hydrogen) atoms. The van der Waals surface area contributed by atoms with E-state index in [1.54, 1.807) is 0 Å². The molecule has 0 spiro atoms. The lowest BCUT2D eigenvalue weighted by atomic mass is 9.51. The monoisotopic (exact) mass is 278 g/mol. The van der Waals surface area contributed by atoms with E-state index >= 15 is 0 Å². The van der Waals surface area contributed by atoms with Crippen LogP contribution in [-0.4, -0.2) is 17.5 Å². The van der Waals surface area contributed by atoms with E-state index in [2.05, 4.69) is 48.5 Å². The average molecular weight is 278 g/mol. The van der Waals surface area contributed by atoms with Crippen LogP contribution in [0.1, 0.15) is 61.3 Å². The summed E-state index contributed by atoms with van der Waals surface area (Å²) in [5, 5.41) is 0. The SMILES string of the molecule is C[C@@H]1CC[C@H]2C(C)(C)[C@H]3C([C@@H]4OC(C)(C)O[C@]34C)[C@]12C. The highest BCUT2D eigenvalue weighted by Crippen LogP contribution is 2.79. The van der Waals surface area contributed by atoms with Gasteiger partial charge in [0.05, 0.1) is 11.7 Å². The van der Waals surface area contributed by atoms with E-state index in [1.807, 2.05) is 0 Å². The van der Waals surface area contributed by atoms with E-state index < -0.39 is 5.79 Å². The van der Waals surface area contributed by atoms with Crippen molar-refractivity contribution in [3.8, 4) is 0 Å². The molecule has 0 bridgehead atoms. The van der Waals surface area contributed by atoms with Gasteiger partial charge in [0, 0.05) is 11.8 Å². The molecule has 3 saturated carbocycles. The predicted molar refractivity (Wildman–Crippen MR) is 79.2 cm³/mol. The molecule has 4 aliphatic rings. The van der Waals surface area contributed by atoms with E-state index in [0.717, 1.165) is 11.8 Å². The Morgan fingerprint density at radius 1 is 0.950 bits per heavy atom. The Hall–Kier alpha value is -0.0800. The van der Waals surface area contributed by atoms with Crippen molar-refractivity contribution < 1.29 is 9.47 Å². The largest absolute Gasteiger partial charge is 0.344 e. The molecule has 114 valence electrons. The maximum Gasteiger partial charge on any atom is 0.164 e. The molecule has 2 nitrogen and oxygen atoms in total. The summed E-state index contributed by atoms with van der Waals surface area (Å²) in [6, 6.07) is 0. The Balaban J connectivity index is 1.82. The third-order valence-electron chi connectivity index (χ3n) is 7.86. The lowest BCUT2D eigenvalue weighted by Crippen LogP contribution is -2.66. The molecule has 0 N–H and O–H groups in total. The lowest BCUT2D eigenvalue weighted by molar-refractivity contribution is -0.200. The molecule has 1 aliphatic heterocycles. The number of hydrogen-bond donors (Lipinski definition) is 0. The van der Waals surface area contributed by atoms with Gasteiger partial charge in [-0.3, -0.25) is 0 Å². The van der Waals surface area contributed by atoms with E-state index in [1.165, 1.54) is 12.8 Å². The smallest absolute Gasteiger partial charge is 0.164 e. The molecule has 7 atom stereocenters. The fourth-order valence-electron chi connectivity index (χ4n) is 7.34. The van der Waals surface area contributed by atoms with E-state index in [4.69, 9.17) is 9.47 Å². The van der Waals surface area contributed by atoms with Crippen molar-refractivity contribution in [1.82, 2.24) is 0 Å². The Labute approximate surface area is 123 Å². The summed E-state index contributed by atoms with van der Waals surface area (Å²) >= 11 is 0. The van der Waals surface area contributed by atoms with Crippen molar-refractivity contribution in [3.05, 3.63) is 0 Å². The highest BCUT2D eigenvalue weighted by Gasteiger charge is 2.82. The van der Waals surface area contributed by atoms with Crippen molar-refractivity contribution in [2.45, 2.75) is 78.8 Å². The molecule has 0 aromatic rings. The second-order valence-electron chi connectivity index (χ2n) is 9.45. The molecular formula is C18H30O2. The van der Waals surface area contributed by atoms with Gasteiger partial charge in [-0.2, -0.15) is 0 Å². The van der Waals surface area contributed by atoms with Crippen LogP contribution in [0.15, 0.2) is 0 Å². The van der Waals surface area contributed by atoms with E-state index in [9.17, 15) is 0 Å². The van der Waals surface area contributed by atoms with Gasteiger partial charge in [-0.05, 0) is 56.3 Å². The topological polar surface area (TPSA) is 18.5 Å². The van der Waals surface area contributed by atoms with Crippen molar-refractivity contribution in [3.63, 3.8) is 0 Å². The second kappa shape index (κ2) is 3.30. The highest BCUT2D eigenvalue weighted by molar-refractivity contribution is 5.28. The summed E-state index contributed by atoms with van der Waals surface area (Å²) < 4.78 is 12.8. The zero-order valence-electron chi connectivity index (χ0n) is 14.1. The molecule has 0 radical (unpaired) electrons. The maximum absolute atomic E-state index is 6.41. The van der Waals surface area contributed by atoms with Gasteiger partial charge in [-0.15, -0.1) is 0 Å². The van der Waals surface area contributed by atoms with Crippen LogP contribution >= 0.6 is 0 Å². The molecule has 1 saturated heterocycles. The van der Waals surface area contributed by atoms with Crippen molar-refractivity contribution in [1.29, 1.82) is 0 Å². The van der Waals surface area contributed by atoms with Crippen LogP contribution in [0.2, 0.25) is 0 Å². The van der Waals surface area contributed by atoms with Crippen LogP contribution < -0.4 is 0 Å². The first-order valence-electron chi connectivity index (χ1n) is 8.43. The highest BCUT2D eigenvalue weighted by atomic mass is 16.8. The third-order valence-corrected chi connectivity index (χ3v) is 7.86. The molecule has 3 aliphatic carbocycles. The van der Waals surface area contributed by atoms with Gasteiger partial charge >= 0.3 is 0 Å². The molecule has 2 heteroatoms. The van der Waals surface area contributed by atoms with Crippen LogP contribution in [0.5, 0.6) is 0 Å². The molecule has 0 aromatic carbocycles. The van der Waals surface area contributed by atoms with Crippen LogP contribution in [0.3, 0.4) is 0 Å². The van der Waals surface area contributed by atoms with Crippen LogP contribution in [0, 0.1) is 34.5 Å². The van der Waals surface area contributed by atoms with Gasteiger partial charge in [-0.1, -0.05) is 27.7 Å².